The second kappa shape index (κ2) is 7.25. The summed E-state index contributed by atoms with van der Waals surface area (Å²) in [5, 5.41) is 0. The number of nitrogens with zero attached hydrogens (tertiary/aromatic N) is 1. The molecule has 3 aromatic rings. The molecule has 4 aliphatic carbocycles. The summed E-state index contributed by atoms with van der Waals surface area (Å²) >= 11 is 0. The van der Waals surface area contributed by atoms with Gasteiger partial charge in [-0.3, -0.25) is 0 Å². The van der Waals surface area contributed by atoms with Gasteiger partial charge in [0, 0.05) is 16.9 Å². The van der Waals surface area contributed by atoms with Gasteiger partial charge < -0.3 is 9.64 Å². The van der Waals surface area contributed by atoms with Crippen molar-refractivity contribution in [3.8, 4) is 11.5 Å². The molecule has 0 atom stereocenters. The van der Waals surface area contributed by atoms with Crippen molar-refractivity contribution in [2.24, 2.45) is 5.92 Å². The number of para-hydroxylation sites is 1. The van der Waals surface area contributed by atoms with Gasteiger partial charge in [-0.2, -0.15) is 0 Å². The van der Waals surface area contributed by atoms with Crippen LogP contribution in [-0.4, -0.2) is 12.3 Å². The van der Waals surface area contributed by atoms with Crippen molar-refractivity contribution in [1.82, 2.24) is 0 Å². The third kappa shape index (κ3) is 2.95. The van der Waals surface area contributed by atoms with Gasteiger partial charge in [0.2, 0.25) is 0 Å². The molecule has 0 radical (unpaired) electrons. The minimum absolute atomic E-state index is 0.172. The van der Waals surface area contributed by atoms with Gasteiger partial charge in [0.25, 0.3) is 6.71 Å². The fraction of sp³-hybridized carbons (Fsp3) is 0.471. The predicted octanol–water partition coefficient (Wildman–Crippen LogP) is 6.83. The van der Waals surface area contributed by atoms with Crippen molar-refractivity contribution in [3.05, 3.63) is 65.7 Å². The lowest BCUT2D eigenvalue weighted by atomic mass is 9.33. The van der Waals surface area contributed by atoms with Crippen molar-refractivity contribution >= 4 is 34.5 Å². The Morgan fingerprint density at radius 3 is 2.08 bits per heavy atom. The molecule has 3 fully saturated rings. The molecule has 6 aliphatic rings. The molecule has 3 aromatic carbocycles. The van der Waals surface area contributed by atoms with Crippen molar-refractivity contribution in [2.45, 2.75) is 95.4 Å². The molecule has 3 heteroatoms. The van der Waals surface area contributed by atoms with Crippen molar-refractivity contribution in [2.75, 3.05) is 4.90 Å². The standard InChI is InChI=1S/C34H38BNO/c1-32(2)18-19-33(3,4)24-21-30-26(20-23(24)32)35-25-8-5-6-9-27(25)36(28-10-7-11-29(37-30)31(28)35)34-15-12-22(13-16-34)14-17-34/h5-11,20-22H,12-19H2,1-4H3. The van der Waals surface area contributed by atoms with E-state index in [1.165, 1.54) is 90.3 Å². The molecule has 2 nitrogen and oxygen atoms in total. The quantitative estimate of drug-likeness (QED) is 0.273. The summed E-state index contributed by atoms with van der Waals surface area (Å²) in [6.45, 7) is 9.92. The molecule has 0 spiro atoms. The minimum atomic E-state index is 0.172. The number of benzene rings is 3. The first-order valence-electron chi connectivity index (χ1n) is 14.7. The normalized spacial score (nSPS) is 27.5. The van der Waals surface area contributed by atoms with Crippen molar-refractivity contribution < 1.29 is 4.74 Å². The zero-order valence-corrected chi connectivity index (χ0v) is 22.9. The Morgan fingerprint density at radius 2 is 1.35 bits per heavy atom. The molecule has 0 unspecified atom stereocenters. The first-order chi connectivity index (χ1) is 17.8. The maximum absolute atomic E-state index is 6.85. The third-order valence-corrected chi connectivity index (χ3v) is 11.1. The van der Waals surface area contributed by atoms with Crippen LogP contribution in [-0.2, 0) is 10.8 Å². The Hall–Kier alpha value is -2.68. The summed E-state index contributed by atoms with van der Waals surface area (Å²) in [6, 6.07) is 21.1. The SMILES string of the molecule is CC1(C)CCC(C)(C)c2cc3c(cc21)Oc1cccc2c1B3c1ccccc1N2C12CCC(CC1)CC2. The summed E-state index contributed by atoms with van der Waals surface area (Å²) in [7, 11) is 0. The van der Waals surface area contributed by atoms with E-state index in [0.717, 1.165) is 17.4 Å². The van der Waals surface area contributed by atoms with Crippen LogP contribution >= 0.6 is 0 Å². The largest absolute Gasteiger partial charge is 0.458 e. The molecule has 0 saturated heterocycles. The number of hydrogen-bond acceptors (Lipinski definition) is 2. The van der Waals surface area contributed by atoms with Crippen LogP contribution in [0.5, 0.6) is 11.5 Å². The van der Waals surface area contributed by atoms with E-state index in [4.69, 9.17) is 4.74 Å². The molecular formula is C34H38BNO. The Kier molecular flexibility index (Phi) is 4.37. The van der Waals surface area contributed by atoms with E-state index in [1.54, 1.807) is 0 Å². The number of hydrogen-bond donors (Lipinski definition) is 0. The zero-order valence-electron chi connectivity index (χ0n) is 22.9. The van der Waals surface area contributed by atoms with Gasteiger partial charge >= 0.3 is 0 Å². The van der Waals surface area contributed by atoms with E-state index >= 15 is 0 Å². The Morgan fingerprint density at radius 1 is 0.703 bits per heavy atom. The lowest BCUT2D eigenvalue weighted by molar-refractivity contribution is 0.141. The molecular weight excluding hydrogens is 449 g/mol. The van der Waals surface area contributed by atoms with Crippen LogP contribution in [0.4, 0.5) is 11.4 Å². The molecule has 3 saturated carbocycles. The zero-order chi connectivity index (χ0) is 25.2. The second-order valence-corrected chi connectivity index (χ2v) is 14.0. The topological polar surface area (TPSA) is 12.5 Å². The summed E-state index contributed by atoms with van der Waals surface area (Å²) in [5.74, 6) is 3.08. The number of rotatable bonds is 1. The van der Waals surface area contributed by atoms with Crippen LogP contribution in [0, 0.1) is 5.92 Å². The maximum Gasteiger partial charge on any atom is 0.256 e. The molecule has 2 bridgehead atoms. The Labute approximate surface area is 222 Å². The predicted molar refractivity (Wildman–Crippen MR) is 155 cm³/mol. The molecule has 9 rings (SSSR count). The lowest BCUT2D eigenvalue weighted by Gasteiger charge is -2.56. The third-order valence-electron chi connectivity index (χ3n) is 11.1. The fourth-order valence-electron chi connectivity index (χ4n) is 8.77. The summed E-state index contributed by atoms with van der Waals surface area (Å²) in [6.07, 6.45) is 10.5. The minimum Gasteiger partial charge on any atom is -0.458 e. The molecule has 0 N–H and O–H groups in total. The molecule has 0 amide bonds. The number of ether oxygens (including phenoxy) is 1. The van der Waals surface area contributed by atoms with Gasteiger partial charge in [0.05, 0.1) is 0 Å². The fourth-order valence-corrected chi connectivity index (χ4v) is 8.77. The molecule has 2 aliphatic heterocycles. The molecule has 188 valence electrons. The summed E-state index contributed by atoms with van der Waals surface area (Å²) in [4.78, 5) is 2.78. The van der Waals surface area contributed by atoms with Gasteiger partial charge in [-0.1, -0.05) is 58.0 Å². The molecule has 2 heterocycles. The highest BCUT2D eigenvalue weighted by Crippen LogP contribution is 2.53. The molecule has 0 aromatic heterocycles. The average molecular weight is 487 g/mol. The highest BCUT2D eigenvalue weighted by atomic mass is 16.5. The van der Waals surface area contributed by atoms with Crippen molar-refractivity contribution in [1.29, 1.82) is 0 Å². The summed E-state index contributed by atoms with van der Waals surface area (Å²) in [5.41, 5.74) is 10.6. The second-order valence-electron chi connectivity index (χ2n) is 14.0. The number of fused-ring (bicyclic) bond motifs is 8. The van der Waals surface area contributed by atoms with Crippen LogP contribution in [0.2, 0.25) is 0 Å². The Bertz CT molecular complexity index is 1430. The highest BCUT2D eigenvalue weighted by Gasteiger charge is 2.51. The maximum atomic E-state index is 6.85. The molecule has 37 heavy (non-hydrogen) atoms. The van der Waals surface area contributed by atoms with Gasteiger partial charge in [0.1, 0.15) is 11.5 Å². The van der Waals surface area contributed by atoms with Crippen molar-refractivity contribution in [3.63, 3.8) is 0 Å². The van der Waals surface area contributed by atoms with E-state index in [0.29, 0.717) is 0 Å². The van der Waals surface area contributed by atoms with Crippen LogP contribution in [0.15, 0.2) is 54.6 Å². The van der Waals surface area contributed by atoms with E-state index in [-0.39, 0.29) is 23.1 Å². The first-order valence-corrected chi connectivity index (χ1v) is 14.7. The monoisotopic (exact) mass is 487 g/mol. The van der Waals surface area contributed by atoms with E-state index in [2.05, 4.69) is 87.2 Å². The Balaban J connectivity index is 1.38. The summed E-state index contributed by atoms with van der Waals surface area (Å²) < 4.78 is 6.85. The average Bonchev–Trinajstić information content (AvgIpc) is 2.91. The van der Waals surface area contributed by atoms with Gasteiger partial charge in [0.15, 0.2) is 0 Å². The van der Waals surface area contributed by atoms with Gasteiger partial charge in [-0.15, -0.1) is 0 Å². The highest BCUT2D eigenvalue weighted by molar-refractivity contribution is 6.99. The van der Waals surface area contributed by atoms with Gasteiger partial charge in [-0.25, -0.2) is 0 Å². The van der Waals surface area contributed by atoms with Crippen LogP contribution in [0.1, 0.15) is 90.2 Å². The van der Waals surface area contributed by atoms with Crippen LogP contribution < -0.4 is 26.0 Å². The van der Waals surface area contributed by atoms with Crippen LogP contribution in [0.25, 0.3) is 0 Å². The van der Waals surface area contributed by atoms with E-state index in [9.17, 15) is 0 Å². The van der Waals surface area contributed by atoms with Gasteiger partial charge in [-0.05, 0) is 120 Å². The van der Waals surface area contributed by atoms with E-state index in [1.807, 2.05) is 0 Å². The smallest absolute Gasteiger partial charge is 0.256 e. The van der Waals surface area contributed by atoms with Crippen LogP contribution in [0.3, 0.4) is 0 Å². The first kappa shape index (κ1) is 22.3. The number of anilines is 2. The van der Waals surface area contributed by atoms with E-state index < -0.39 is 0 Å². The lowest BCUT2D eigenvalue weighted by Crippen LogP contribution is -2.64.